The van der Waals surface area contributed by atoms with Gasteiger partial charge < -0.3 is 5.32 Å². The van der Waals surface area contributed by atoms with Crippen LogP contribution in [-0.4, -0.2) is 32.6 Å². The largest absolute Gasteiger partial charge is 0.322 e. The van der Waals surface area contributed by atoms with Gasteiger partial charge in [0.1, 0.15) is 16.4 Å². The maximum atomic E-state index is 13.7. The lowest BCUT2D eigenvalue weighted by molar-refractivity contribution is -0.126. The summed E-state index contributed by atoms with van der Waals surface area (Å²) in [6.07, 6.45) is 2.23. The van der Waals surface area contributed by atoms with E-state index in [-0.39, 0.29) is 11.8 Å². The summed E-state index contributed by atoms with van der Waals surface area (Å²) in [5.41, 5.74) is 1.29. The van der Waals surface area contributed by atoms with Crippen LogP contribution in [0.15, 0.2) is 53.6 Å². The summed E-state index contributed by atoms with van der Waals surface area (Å²) in [7, 11) is 0. The second kappa shape index (κ2) is 7.34. The number of carbonyl (C=O) groups excluding carboxylic acids is 2. The normalized spacial score (nSPS) is 18.4. The van der Waals surface area contributed by atoms with E-state index in [9.17, 15) is 9.59 Å². The van der Waals surface area contributed by atoms with Gasteiger partial charge in [0.15, 0.2) is 0 Å². The highest BCUT2D eigenvalue weighted by atomic mass is 32.2. The monoisotopic (exact) mass is 432 g/mol. The van der Waals surface area contributed by atoms with Gasteiger partial charge in [0.05, 0.1) is 22.1 Å². The molecule has 1 atom stereocenters. The summed E-state index contributed by atoms with van der Waals surface area (Å²) in [5.74, 6) is 0.976. The Hall–Kier alpha value is -2.93. The van der Waals surface area contributed by atoms with Crippen LogP contribution in [0.3, 0.4) is 0 Å². The molecule has 1 unspecified atom stereocenters. The first kappa shape index (κ1) is 20.0. The topological polar surface area (TPSA) is 75.2 Å². The van der Waals surface area contributed by atoms with Gasteiger partial charge in [-0.05, 0) is 51.8 Å². The van der Waals surface area contributed by atoms with E-state index in [4.69, 9.17) is 9.97 Å². The van der Waals surface area contributed by atoms with Gasteiger partial charge in [0.2, 0.25) is 11.8 Å². The van der Waals surface area contributed by atoms with Crippen LogP contribution in [0.25, 0.3) is 10.9 Å². The molecule has 1 aromatic heterocycles. The van der Waals surface area contributed by atoms with Crippen LogP contribution >= 0.6 is 11.8 Å². The van der Waals surface area contributed by atoms with Crippen molar-refractivity contribution in [2.75, 3.05) is 10.2 Å². The van der Waals surface area contributed by atoms with E-state index in [0.717, 1.165) is 40.3 Å². The fourth-order valence-electron chi connectivity index (χ4n) is 3.92. The number of fused-ring (bicyclic) bond motifs is 2. The molecule has 2 amide bonds. The second-order valence-electron chi connectivity index (χ2n) is 8.64. The van der Waals surface area contributed by atoms with Crippen LogP contribution < -0.4 is 10.2 Å². The molecule has 1 aliphatic heterocycles. The third kappa shape index (κ3) is 3.47. The Morgan fingerprint density at radius 1 is 1.13 bits per heavy atom. The fourth-order valence-corrected chi connectivity index (χ4v) is 4.91. The number of nitrogens with zero attached hydrogens (tertiary/aromatic N) is 3. The zero-order valence-electron chi connectivity index (χ0n) is 17.8. The molecule has 3 aromatic rings. The third-order valence-electron chi connectivity index (χ3n) is 5.89. The summed E-state index contributed by atoms with van der Waals surface area (Å²) in [6.45, 7) is 5.43. The minimum Gasteiger partial charge on any atom is -0.322 e. The fraction of sp³-hybridized carbons (Fsp3) is 0.333. The van der Waals surface area contributed by atoms with Crippen molar-refractivity contribution in [2.45, 2.75) is 55.3 Å². The Kier molecular flexibility index (Phi) is 4.73. The first-order valence-electron chi connectivity index (χ1n) is 10.5. The SMILES string of the molecule is CC(Sc1nc(C2CC2)nc2ccccc12)C(=O)N1c2ccccc2NC(=O)C1(C)C. The van der Waals surface area contributed by atoms with Gasteiger partial charge in [0.25, 0.3) is 0 Å². The molecule has 1 N–H and O–H groups in total. The minimum absolute atomic E-state index is 0.118. The van der Waals surface area contributed by atoms with Crippen molar-refractivity contribution in [2.24, 2.45) is 0 Å². The number of nitrogens with one attached hydrogen (secondary N) is 1. The molecule has 158 valence electrons. The summed E-state index contributed by atoms with van der Waals surface area (Å²) < 4.78 is 0. The molecular formula is C24H24N4O2S. The van der Waals surface area contributed by atoms with Gasteiger partial charge in [-0.1, -0.05) is 42.1 Å². The Labute approximate surface area is 185 Å². The van der Waals surface area contributed by atoms with Crippen molar-refractivity contribution in [3.63, 3.8) is 0 Å². The summed E-state index contributed by atoms with van der Waals surface area (Å²) in [4.78, 5) is 37.6. The van der Waals surface area contributed by atoms with Gasteiger partial charge >= 0.3 is 0 Å². The van der Waals surface area contributed by atoms with Crippen molar-refractivity contribution >= 4 is 45.9 Å². The minimum atomic E-state index is -0.993. The standard InChI is InChI=1S/C24H24N4O2S/c1-14(22(29)28-19-11-7-6-10-18(19)26-23(30)24(28,2)3)31-21-16-8-4-5-9-17(16)25-20(27-21)15-12-13-15/h4-11,14-15H,12-13H2,1-3H3,(H,26,30). The van der Waals surface area contributed by atoms with Crippen molar-refractivity contribution in [1.82, 2.24) is 9.97 Å². The van der Waals surface area contributed by atoms with Gasteiger partial charge in [-0.15, -0.1) is 0 Å². The lowest BCUT2D eigenvalue weighted by atomic mass is 9.96. The highest BCUT2D eigenvalue weighted by Crippen LogP contribution is 2.42. The van der Waals surface area contributed by atoms with Crippen molar-refractivity contribution in [1.29, 1.82) is 0 Å². The van der Waals surface area contributed by atoms with Crippen LogP contribution in [-0.2, 0) is 9.59 Å². The van der Waals surface area contributed by atoms with E-state index in [0.29, 0.717) is 11.6 Å². The highest BCUT2D eigenvalue weighted by molar-refractivity contribution is 8.00. The third-order valence-corrected chi connectivity index (χ3v) is 6.98. The number of thioether (sulfide) groups is 1. The van der Waals surface area contributed by atoms with E-state index >= 15 is 0 Å². The van der Waals surface area contributed by atoms with E-state index in [1.54, 1.807) is 18.7 Å². The molecule has 0 radical (unpaired) electrons. The Morgan fingerprint density at radius 2 is 1.84 bits per heavy atom. The molecule has 7 heteroatoms. The Balaban J connectivity index is 1.51. The summed E-state index contributed by atoms with van der Waals surface area (Å²) in [6, 6.07) is 15.4. The first-order chi connectivity index (χ1) is 14.9. The molecule has 1 fully saturated rings. The molecule has 2 aromatic carbocycles. The van der Waals surface area contributed by atoms with Crippen molar-refractivity contribution < 1.29 is 9.59 Å². The first-order valence-corrected chi connectivity index (χ1v) is 11.4. The van der Waals surface area contributed by atoms with Gasteiger partial charge in [-0.3, -0.25) is 14.5 Å². The van der Waals surface area contributed by atoms with Gasteiger partial charge in [-0.2, -0.15) is 0 Å². The number of aromatic nitrogens is 2. The smallest absolute Gasteiger partial charge is 0.250 e. The van der Waals surface area contributed by atoms with Crippen LogP contribution in [0.1, 0.15) is 45.4 Å². The molecule has 2 aliphatic rings. The molecular weight excluding hydrogens is 408 g/mol. The van der Waals surface area contributed by atoms with Crippen molar-refractivity contribution in [3.05, 3.63) is 54.4 Å². The number of anilines is 2. The number of para-hydroxylation sites is 3. The second-order valence-corrected chi connectivity index (χ2v) is 9.97. The molecule has 31 heavy (non-hydrogen) atoms. The lowest BCUT2D eigenvalue weighted by Crippen LogP contribution is -2.60. The zero-order chi connectivity index (χ0) is 21.8. The molecule has 5 rings (SSSR count). The average molecular weight is 433 g/mol. The van der Waals surface area contributed by atoms with Crippen LogP contribution in [0.2, 0.25) is 0 Å². The predicted molar refractivity (Wildman–Crippen MR) is 123 cm³/mol. The van der Waals surface area contributed by atoms with Crippen LogP contribution in [0.5, 0.6) is 0 Å². The molecule has 0 bridgehead atoms. The number of carbonyl (C=O) groups is 2. The quantitative estimate of drug-likeness (QED) is 0.476. The number of hydrogen-bond donors (Lipinski definition) is 1. The molecule has 0 saturated heterocycles. The zero-order valence-corrected chi connectivity index (χ0v) is 18.6. The van der Waals surface area contributed by atoms with Crippen molar-refractivity contribution in [3.8, 4) is 0 Å². The van der Waals surface area contributed by atoms with Gasteiger partial charge in [0, 0.05) is 11.3 Å². The lowest BCUT2D eigenvalue weighted by Gasteiger charge is -2.43. The van der Waals surface area contributed by atoms with E-state index < -0.39 is 10.8 Å². The number of hydrogen-bond acceptors (Lipinski definition) is 5. The number of amides is 2. The summed E-state index contributed by atoms with van der Waals surface area (Å²) in [5, 5.41) is 4.26. The molecule has 1 aliphatic carbocycles. The average Bonchev–Trinajstić information content (AvgIpc) is 3.59. The van der Waals surface area contributed by atoms with E-state index in [2.05, 4.69) is 5.32 Å². The Bertz CT molecular complexity index is 1210. The van der Waals surface area contributed by atoms with E-state index in [1.807, 2.05) is 55.5 Å². The number of benzene rings is 2. The highest BCUT2D eigenvalue weighted by Gasteiger charge is 2.45. The molecule has 2 heterocycles. The van der Waals surface area contributed by atoms with E-state index in [1.165, 1.54) is 11.8 Å². The molecule has 0 spiro atoms. The van der Waals surface area contributed by atoms with Gasteiger partial charge in [-0.25, -0.2) is 9.97 Å². The summed E-state index contributed by atoms with van der Waals surface area (Å²) >= 11 is 1.44. The Morgan fingerprint density at radius 3 is 2.61 bits per heavy atom. The predicted octanol–water partition coefficient (Wildman–Crippen LogP) is 4.75. The molecule has 1 saturated carbocycles. The van der Waals surface area contributed by atoms with Crippen LogP contribution in [0.4, 0.5) is 11.4 Å². The maximum Gasteiger partial charge on any atom is 0.250 e. The number of rotatable bonds is 4. The maximum absolute atomic E-state index is 13.7. The van der Waals surface area contributed by atoms with Crippen LogP contribution in [0, 0.1) is 0 Å². The molecule has 6 nitrogen and oxygen atoms in total.